The van der Waals surface area contributed by atoms with Crippen LogP contribution < -0.4 is 10.2 Å². The molecule has 96 valence electrons. The number of benzene rings is 1. The van der Waals surface area contributed by atoms with Gasteiger partial charge in [0.15, 0.2) is 0 Å². The quantitative estimate of drug-likeness (QED) is 0.779. The molecule has 1 saturated heterocycles. The second-order valence-electron chi connectivity index (χ2n) is 5.06. The average Bonchev–Trinajstić information content (AvgIpc) is 2.30. The number of halogens is 1. The summed E-state index contributed by atoms with van der Waals surface area (Å²) in [4.78, 5) is 14.4. The first-order valence-corrected chi connectivity index (χ1v) is 7.00. The van der Waals surface area contributed by atoms with Crippen LogP contribution in [0.15, 0.2) is 18.2 Å². The van der Waals surface area contributed by atoms with Crippen LogP contribution in [0.4, 0.5) is 11.4 Å². The van der Waals surface area contributed by atoms with Gasteiger partial charge >= 0.3 is 0 Å². The Morgan fingerprint density at radius 1 is 1.22 bits per heavy atom. The van der Waals surface area contributed by atoms with Crippen LogP contribution in [-0.2, 0) is 4.79 Å². The number of carbonyl (C=O) groups is 1. The van der Waals surface area contributed by atoms with Crippen molar-refractivity contribution in [1.29, 1.82) is 0 Å². The Balaban J connectivity index is 2.00. The molecule has 1 N–H and O–H groups in total. The summed E-state index contributed by atoms with van der Waals surface area (Å²) < 4.78 is 0. The molecule has 2 aliphatic heterocycles. The maximum atomic E-state index is 12.2. The van der Waals surface area contributed by atoms with Crippen molar-refractivity contribution in [2.24, 2.45) is 0 Å². The largest absolute Gasteiger partial charge is 0.358 e. The van der Waals surface area contributed by atoms with Crippen molar-refractivity contribution in [1.82, 2.24) is 0 Å². The molecule has 1 unspecified atom stereocenters. The summed E-state index contributed by atoms with van der Waals surface area (Å²) in [7, 11) is 0. The monoisotopic (exact) mass is 264 g/mol. The van der Waals surface area contributed by atoms with Crippen LogP contribution in [0, 0.1) is 0 Å². The highest BCUT2D eigenvalue weighted by atomic mass is 35.5. The second-order valence-corrected chi connectivity index (χ2v) is 5.50. The molecule has 1 fully saturated rings. The second kappa shape index (κ2) is 4.81. The molecule has 0 bridgehead atoms. The van der Waals surface area contributed by atoms with E-state index in [9.17, 15) is 4.79 Å². The number of fused-ring (bicyclic) bond motifs is 3. The van der Waals surface area contributed by atoms with Crippen LogP contribution in [0.2, 0.25) is 5.02 Å². The third kappa shape index (κ3) is 2.07. The van der Waals surface area contributed by atoms with E-state index in [0.29, 0.717) is 0 Å². The van der Waals surface area contributed by atoms with E-state index in [1.165, 1.54) is 12.8 Å². The minimum absolute atomic E-state index is 0.0173. The summed E-state index contributed by atoms with van der Waals surface area (Å²) in [5.74, 6) is 0.131. The minimum Gasteiger partial charge on any atom is -0.358 e. The lowest BCUT2D eigenvalue weighted by molar-refractivity contribution is -0.117. The SMILES string of the molecule is O=C1Nc2ccc(Cl)cc2N2CCCCCCC12. The third-order valence-electron chi connectivity index (χ3n) is 3.83. The van der Waals surface area contributed by atoms with E-state index < -0.39 is 0 Å². The van der Waals surface area contributed by atoms with Crippen molar-refractivity contribution in [3.63, 3.8) is 0 Å². The highest BCUT2D eigenvalue weighted by molar-refractivity contribution is 6.31. The lowest BCUT2D eigenvalue weighted by Crippen LogP contribution is -2.49. The molecule has 1 aromatic rings. The molecule has 18 heavy (non-hydrogen) atoms. The molecule has 0 spiro atoms. The lowest BCUT2D eigenvalue weighted by atomic mass is 9.98. The van der Waals surface area contributed by atoms with E-state index in [1.54, 1.807) is 0 Å². The summed E-state index contributed by atoms with van der Waals surface area (Å²) in [5.41, 5.74) is 1.97. The van der Waals surface area contributed by atoms with E-state index in [0.717, 1.165) is 42.2 Å². The van der Waals surface area contributed by atoms with Crippen molar-refractivity contribution in [3.8, 4) is 0 Å². The zero-order chi connectivity index (χ0) is 12.5. The van der Waals surface area contributed by atoms with E-state index in [4.69, 9.17) is 11.6 Å². The number of anilines is 2. The summed E-state index contributed by atoms with van der Waals surface area (Å²) >= 11 is 6.08. The summed E-state index contributed by atoms with van der Waals surface area (Å²) in [6.45, 7) is 0.950. The molecule has 1 amide bonds. The predicted octanol–water partition coefficient (Wildman–Crippen LogP) is 3.43. The molecular weight excluding hydrogens is 248 g/mol. The van der Waals surface area contributed by atoms with Crippen LogP contribution in [0.25, 0.3) is 0 Å². The van der Waals surface area contributed by atoms with Crippen LogP contribution in [0.3, 0.4) is 0 Å². The van der Waals surface area contributed by atoms with Crippen molar-refractivity contribution >= 4 is 28.9 Å². The van der Waals surface area contributed by atoms with Gasteiger partial charge in [0, 0.05) is 11.6 Å². The first-order valence-electron chi connectivity index (χ1n) is 6.63. The van der Waals surface area contributed by atoms with Crippen molar-refractivity contribution < 1.29 is 4.79 Å². The fourth-order valence-corrected chi connectivity index (χ4v) is 3.08. The maximum Gasteiger partial charge on any atom is 0.247 e. The van der Waals surface area contributed by atoms with Crippen LogP contribution in [0.1, 0.15) is 32.1 Å². The van der Waals surface area contributed by atoms with Gasteiger partial charge in [-0.15, -0.1) is 0 Å². The molecule has 0 aromatic heterocycles. The van der Waals surface area contributed by atoms with Crippen LogP contribution in [-0.4, -0.2) is 18.5 Å². The van der Waals surface area contributed by atoms with E-state index in [1.807, 2.05) is 18.2 Å². The number of amides is 1. The summed E-state index contributed by atoms with van der Waals surface area (Å²) in [5, 5.41) is 3.72. The van der Waals surface area contributed by atoms with Crippen molar-refractivity contribution in [2.75, 3.05) is 16.8 Å². The predicted molar refractivity (Wildman–Crippen MR) is 74.3 cm³/mol. The van der Waals surface area contributed by atoms with Gasteiger partial charge in [-0.2, -0.15) is 0 Å². The van der Waals surface area contributed by atoms with Gasteiger partial charge < -0.3 is 10.2 Å². The van der Waals surface area contributed by atoms with Gasteiger partial charge in [0.25, 0.3) is 0 Å². The molecule has 0 radical (unpaired) electrons. The Hall–Kier alpha value is -1.22. The molecule has 1 aromatic carbocycles. The maximum absolute atomic E-state index is 12.2. The van der Waals surface area contributed by atoms with Crippen LogP contribution in [0.5, 0.6) is 0 Å². The molecule has 0 saturated carbocycles. The van der Waals surface area contributed by atoms with Gasteiger partial charge in [-0.3, -0.25) is 4.79 Å². The number of hydrogen-bond donors (Lipinski definition) is 1. The molecule has 1 atom stereocenters. The standard InChI is InChI=1S/C14H17ClN2O/c15-10-6-7-11-13(9-10)17-8-4-2-1-3-5-12(17)14(18)16-11/h6-7,9,12H,1-5,8H2,(H,16,18). The zero-order valence-corrected chi connectivity index (χ0v) is 11.0. The minimum atomic E-state index is -0.0173. The van der Waals surface area contributed by atoms with E-state index in [2.05, 4.69) is 10.2 Å². The Morgan fingerprint density at radius 2 is 2.06 bits per heavy atom. The topological polar surface area (TPSA) is 32.3 Å². The van der Waals surface area contributed by atoms with Crippen LogP contribution >= 0.6 is 11.6 Å². The molecular formula is C14H17ClN2O. The van der Waals surface area contributed by atoms with Gasteiger partial charge in [-0.1, -0.05) is 30.9 Å². The molecule has 4 heteroatoms. The summed E-state index contributed by atoms with van der Waals surface area (Å²) in [6.07, 6.45) is 5.71. The molecule has 3 rings (SSSR count). The summed E-state index contributed by atoms with van der Waals surface area (Å²) in [6, 6.07) is 5.66. The fraction of sp³-hybridized carbons (Fsp3) is 0.500. The number of rotatable bonds is 0. The first-order chi connectivity index (χ1) is 8.75. The number of hydrogen-bond acceptors (Lipinski definition) is 2. The highest BCUT2D eigenvalue weighted by Crippen LogP contribution is 2.36. The Kier molecular flexibility index (Phi) is 3.16. The number of nitrogens with one attached hydrogen (secondary N) is 1. The van der Waals surface area contributed by atoms with Crippen molar-refractivity contribution in [3.05, 3.63) is 23.2 Å². The smallest absolute Gasteiger partial charge is 0.247 e. The van der Waals surface area contributed by atoms with E-state index in [-0.39, 0.29) is 11.9 Å². The van der Waals surface area contributed by atoms with E-state index >= 15 is 0 Å². The van der Waals surface area contributed by atoms with Gasteiger partial charge in [0.05, 0.1) is 11.4 Å². The van der Waals surface area contributed by atoms with Gasteiger partial charge in [0.1, 0.15) is 6.04 Å². The molecule has 2 heterocycles. The molecule has 2 aliphatic rings. The third-order valence-corrected chi connectivity index (χ3v) is 4.07. The number of carbonyl (C=O) groups excluding carboxylic acids is 1. The molecule has 3 nitrogen and oxygen atoms in total. The average molecular weight is 265 g/mol. The Bertz CT molecular complexity index is 475. The Morgan fingerprint density at radius 3 is 2.94 bits per heavy atom. The van der Waals surface area contributed by atoms with Crippen molar-refractivity contribution in [2.45, 2.75) is 38.1 Å². The lowest BCUT2D eigenvalue weighted by Gasteiger charge is -2.39. The first kappa shape index (κ1) is 11.8. The fourth-order valence-electron chi connectivity index (χ4n) is 2.91. The normalized spacial score (nSPS) is 23.5. The highest BCUT2D eigenvalue weighted by Gasteiger charge is 2.32. The van der Waals surface area contributed by atoms with Gasteiger partial charge in [-0.05, 0) is 31.0 Å². The van der Waals surface area contributed by atoms with Gasteiger partial charge in [-0.25, -0.2) is 0 Å². The number of nitrogens with zero attached hydrogens (tertiary/aromatic N) is 1. The zero-order valence-electron chi connectivity index (χ0n) is 10.3. The molecule has 0 aliphatic carbocycles. The van der Waals surface area contributed by atoms with Gasteiger partial charge in [0.2, 0.25) is 5.91 Å². The Labute approximate surface area is 112 Å².